The van der Waals surface area contributed by atoms with Crippen molar-refractivity contribution in [3.8, 4) is 5.75 Å². The number of aromatic nitrogens is 3. The van der Waals surface area contributed by atoms with Gasteiger partial charge in [0.05, 0.1) is 12.8 Å². The highest BCUT2D eigenvalue weighted by atomic mass is 19.1. The van der Waals surface area contributed by atoms with E-state index in [0.29, 0.717) is 42.9 Å². The van der Waals surface area contributed by atoms with E-state index in [2.05, 4.69) is 20.0 Å². The number of halogens is 2. The average Bonchev–Trinajstić information content (AvgIpc) is 3.52. The maximum Gasteiger partial charge on any atom is 0.324 e. The van der Waals surface area contributed by atoms with E-state index in [9.17, 15) is 8.78 Å². The van der Waals surface area contributed by atoms with Crippen LogP contribution in [-0.4, -0.2) is 54.0 Å². The van der Waals surface area contributed by atoms with Crippen molar-refractivity contribution in [3.63, 3.8) is 0 Å². The van der Waals surface area contributed by atoms with Crippen molar-refractivity contribution in [2.75, 3.05) is 42.6 Å². The van der Waals surface area contributed by atoms with Gasteiger partial charge >= 0.3 is 6.01 Å². The van der Waals surface area contributed by atoms with Gasteiger partial charge < -0.3 is 24.8 Å². The van der Waals surface area contributed by atoms with Crippen molar-refractivity contribution in [3.05, 3.63) is 59.6 Å². The van der Waals surface area contributed by atoms with E-state index in [0.717, 1.165) is 49.7 Å². The van der Waals surface area contributed by atoms with Gasteiger partial charge in [-0.05, 0) is 54.7 Å². The van der Waals surface area contributed by atoms with E-state index in [-0.39, 0.29) is 17.9 Å². The number of rotatable bonds is 7. The van der Waals surface area contributed by atoms with Crippen LogP contribution in [0.1, 0.15) is 49.9 Å². The Kier molecular flexibility index (Phi) is 7.04. The molecular weight excluding hydrogens is 466 g/mol. The Bertz CT molecular complexity index is 1160. The molecule has 0 saturated carbocycles. The summed E-state index contributed by atoms with van der Waals surface area (Å²) in [7, 11) is 0. The molecule has 2 aliphatic rings. The summed E-state index contributed by atoms with van der Waals surface area (Å²) < 4.78 is 39.4. The zero-order chi connectivity index (χ0) is 25.2. The fraction of sp³-hybridized carbons (Fsp3) is 0.500. The van der Waals surface area contributed by atoms with Crippen LogP contribution in [0.4, 0.5) is 20.6 Å². The van der Waals surface area contributed by atoms with Crippen LogP contribution in [0.2, 0.25) is 0 Å². The van der Waals surface area contributed by atoms with Crippen LogP contribution in [-0.2, 0) is 0 Å². The van der Waals surface area contributed by atoms with Crippen molar-refractivity contribution < 1.29 is 18.0 Å². The van der Waals surface area contributed by atoms with Gasteiger partial charge in [0.1, 0.15) is 23.2 Å². The lowest BCUT2D eigenvalue weighted by molar-refractivity contribution is 0.219. The smallest absolute Gasteiger partial charge is 0.324 e. The minimum atomic E-state index is -0.461. The molecule has 2 aliphatic heterocycles. The highest BCUT2D eigenvalue weighted by molar-refractivity contribution is 5.45. The molecular formula is C26H32F2N6O2. The second kappa shape index (κ2) is 10.4. The number of anilines is 2. The Morgan fingerprint density at radius 1 is 1.11 bits per heavy atom. The maximum absolute atomic E-state index is 14.3. The number of piperidine rings is 1. The van der Waals surface area contributed by atoms with Crippen LogP contribution < -0.4 is 20.3 Å². The molecule has 4 heterocycles. The first-order valence-electron chi connectivity index (χ1n) is 12.5. The SMILES string of the molecule is CC(C)c1noc(N2CCC(COc3ccc(N4C[C@H](c5cc(F)ccc5F)[C@@H](N)C4)nc3)CC2)n1. The predicted molar refractivity (Wildman–Crippen MR) is 132 cm³/mol. The summed E-state index contributed by atoms with van der Waals surface area (Å²) in [6, 6.07) is 7.58. The summed E-state index contributed by atoms with van der Waals surface area (Å²) >= 11 is 0. The summed E-state index contributed by atoms with van der Waals surface area (Å²) in [5.74, 6) is 1.67. The van der Waals surface area contributed by atoms with E-state index in [1.807, 2.05) is 30.9 Å². The van der Waals surface area contributed by atoms with Crippen LogP contribution in [0, 0.1) is 17.6 Å². The van der Waals surface area contributed by atoms with Gasteiger partial charge in [0, 0.05) is 44.1 Å². The third-order valence-corrected chi connectivity index (χ3v) is 7.09. The molecule has 2 atom stereocenters. The Labute approximate surface area is 209 Å². The van der Waals surface area contributed by atoms with Gasteiger partial charge in [0.25, 0.3) is 0 Å². The fourth-order valence-electron chi connectivity index (χ4n) is 4.88. The van der Waals surface area contributed by atoms with Gasteiger partial charge in [-0.2, -0.15) is 4.98 Å². The lowest BCUT2D eigenvalue weighted by atomic mass is 9.94. The van der Waals surface area contributed by atoms with Crippen molar-refractivity contribution in [1.82, 2.24) is 15.1 Å². The van der Waals surface area contributed by atoms with Gasteiger partial charge in [-0.25, -0.2) is 13.8 Å². The molecule has 0 amide bonds. The summed E-state index contributed by atoms with van der Waals surface area (Å²) in [6.45, 7) is 7.41. The lowest BCUT2D eigenvalue weighted by Gasteiger charge is -2.30. The minimum absolute atomic E-state index is 0.244. The Morgan fingerprint density at radius 2 is 1.92 bits per heavy atom. The lowest BCUT2D eigenvalue weighted by Crippen LogP contribution is -2.35. The highest BCUT2D eigenvalue weighted by Crippen LogP contribution is 2.32. The Hall–Kier alpha value is -3.27. The van der Waals surface area contributed by atoms with Crippen molar-refractivity contribution in [2.24, 2.45) is 11.7 Å². The summed E-state index contributed by atoms with van der Waals surface area (Å²) in [5, 5.41) is 4.05. The summed E-state index contributed by atoms with van der Waals surface area (Å²) in [4.78, 5) is 13.2. The van der Waals surface area contributed by atoms with Gasteiger partial charge in [-0.1, -0.05) is 19.0 Å². The van der Waals surface area contributed by atoms with E-state index in [1.165, 1.54) is 6.07 Å². The molecule has 0 unspecified atom stereocenters. The molecule has 10 heteroatoms. The largest absolute Gasteiger partial charge is 0.492 e. The molecule has 5 rings (SSSR count). The van der Waals surface area contributed by atoms with E-state index in [4.69, 9.17) is 15.0 Å². The molecule has 2 fully saturated rings. The third kappa shape index (κ3) is 5.28. The molecule has 2 aromatic heterocycles. The second-order valence-electron chi connectivity index (χ2n) is 10.0. The zero-order valence-corrected chi connectivity index (χ0v) is 20.6. The molecule has 2 N–H and O–H groups in total. The predicted octanol–water partition coefficient (Wildman–Crippen LogP) is 4.09. The van der Waals surface area contributed by atoms with Gasteiger partial charge in [0.15, 0.2) is 5.82 Å². The van der Waals surface area contributed by atoms with Crippen molar-refractivity contribution in [2.45, 2.75) is 44.6 Å². The van der Waals surface area contributed by atoms with Crippen molar-refractivity contribution in [1.29, 1.82) is 0 Å². The summed E-state index contributed by atoms with van der Waals surface area (Å²) in [5.41, 5.74) is 6.59. The number of ether oxygens (including phenoxy) is 1. The number of hydrogen-bond donors (Lipinski definition) is 1. The monoisotopic (exact) mass is 498 g/mol. The van der Waals surface area contributed by atoms with Gasteiger partial charge in [-0.15, -0.1) is 0 Å². The van der Waals surface area contributed by atoms with E-state index >= 15 is 0 Å². The average molecular weight is 499 g/mol. The molecule has 0 radical (unpaired) electrons. The third-order valence-electron chi connectivity index (χ3n) is 7.09. The standard InChI is InChI=1S/C26H32F2N6O2/c1-16(2)25-31-26(36-32-25)33-9-7-17(8-10-33)15-35-19-4-6-24(30-12-19)34-13-21(23(29)14-34)20-11-18(27)3-5-22(20)28/h3-6,11-12,16-17,21,23H,7-10,13-15,29H2,1-2H3/t21-,23+/m1/s1. The number of nitrogens with two attached hydrogens (primary N) is 1. The summed E-state index contributed by atoms with van der Waals surface area (Å²) in [6.07, 6.45) is 3.67. The first kappa shape index (κ1) is 24.4. The number of pyridine rings is 1. The van der Waals surface area contributed by atoms with Crippen LogP contribution >= 0.6 is 0 Å². The molecule has 0 aliphatic carbocycles. The normalized spacial score (nSPS) is 20.9. The zero-order valence-electron chi connectivity index (χ0n) is 20.6. The molecule has 192 valence electrons. The quantitative estimate of drug-likeness (QED) is 0.521. The first-order chi connectivity index (χ1) is 17.4. The van der Waals surface area contributed by atoms with Crippen LogP contribution in [0.3, 0.4) is 0 Å². The highest BCUT2D eigenvalue weighted by Gasteiger charge is 2.34. The topological polar surface area (TPSA) is 93.5 Å². The fourth-order valence-corrected chi connectivity index (χ4v) is 4.88. The van der Waals surface area contributed by atoms with E-state index < -0.39 is 11.6 Å². The minimum Gasteiger partial charge on any atom is -0.492 e. The molecule has 3 aromatic rings. The Morgan fingerprint density at radius 3 is 2.61 bits per heavy atom. The Balaban J connectivity index is 1.11. The molecule has 36 heavy (non-hydrogen) atoms. The number of hydrogen-bond acceptors (Lipinski definition) is 8. The van der Waals surface area contributed by atoms with Gasteiger partial charge in [0.2, 0.25) is 0 Å². The molecule has 0 bridgehead atoms. The molecule has 0 spiro atoms. The molecule has 2 saturated heterocycles. The van der Waals surface area contributed by atoms with Crippen LogP contribution in [0.5, 0.6) is 5.75 Å². The number of benzene rings is 1. The van der Waals surface area contributed by atoms with Crippen molar-refractivity contribution >= 4 is 11.8 Å². The maximum atomic E-state index is 14.3. The first-order valence-corrected chi connectivity index (χ1v) is 12.5. The second-order valence-corrected chi connectivity index (χ2v) is 10.0. The van der Waals surface area contributed by atoms with Gasteiger partial charge in [-0.3, -0.25) is 0 Å². The van der Waals surface area contributed by atoms with E-state index in [1.54, 1.807) is 6.20 Å². The van der Waals surface area contributed by atoms with Crippen LogP contribution in [0.15, 0.2) is 41.1 Å². The van der Waals surface area contributed by atoms with Crippen LogP contribution in [0.25, 0.3) is 0 Å². The molecule has 8 nitrogen and oxygen atoms in total. The number of nitrogens with zero attached hydrogens (tertiary/aromatic N) is 5. The molecule has 1 aromatic carbocycles.